The van der Waals surface area contributed by atoms with E-state index in [4.69, 9.17) is 0 Å². The second kappa shape index (κ2) is 6.58. The highest BCUT2D eigenvalue weighted by Gasteiger charge is 2.34. The zero-order valence-electron chi connectivity index (χ0n) is 15.0. The van der Waals surface area contributed by atoms with Crippen LogP contribution >= 0.6 is 11.3 Å². The van der Waals surface area contributed by atoms with Gasteiger partial charge in [0.2, 0.25) is 0 Å². The highest BCUT2D eigenvalue weighted by atomic mass is 32.1. The fourth-order valence-corrected chi connectivity index (χ4v) is 4.18. The monoisotopic (exact) mass is 359 g/mol. The fourth-order valence-electron chi connectivity index (χ4n) is 3.55. The van der Waals surface area contributed by atoms with Crippen LogP contribution in [0, 0.1) is 0 Å². The molecule has 3 heteroatoms. The molecule has 2 nitrogen and oxygen atoms in total. The molecule has 0 fully saturated rings. The molecule has 0 N–H and O–H groups in total. The lowest BCUT2D eigenvalue weighted by Gasteiger charge is -2.43. The summed E-state index contributed by atoms with van der Waals surface area (Å²) in [6.07, 6.45) is 2.12. The first-order valence-electron chi connectivity index (χ1n) is 8.77. The van der Waals surface area contributed by atoms with Crippen molar-refractivity contribution >= 4 is 28.4 Å². The molecule has 130 valence electrons. The Bertz CT molecular complexity index is 955. The molecule has 1 aliphatic rings. The molecule has 0 amide bonds. The molecule has 3 aromatic rings. The number of carbonyl (C=O) groups is 1. The number of fused-ring (bicyclic) bond motifs is 1. The van der Waals surface area contributed by atoms with Crippen molar-refractivity contribution in [1.82, 2.24) is 0 Å². The van der Waals surface area contributed by atoms with Crippen LogP contribution in [0.3, 0.4) is 0 Å². The number of carbonyl (C=O) groups excluding carboxylic acids is 1. The Morgan fingerprint density at radius 2 is 1.73 bits per heavy atom. The van der Waals surface area contributed by atoms with Gasteiger partial charge in [0.05, 0.1) is 5.54 Å². The van der Waals surface area contributed by atoms with E-state index in [1.54, 1.807) is 11.3 Å². The highest BCUT2D eigenvalue weighted by Crippen LogP contribution is 2.41. The van der Waals surface area contributed by atoms with Gasteiger partial charge in [0, 0.05) is 34.3 Å². The van der Waals surface area contributed by atoms with Gasteiger partial charge in [-0.3, -0.25) is 4.79 Å². The van der Waals surface area contributed by atoms with E-state index in [9.17, 15) is 4.79 Å². The molecule has 4 rings (SSSR count). The third kappa shape index (κ3) is 2.99. The Morgan fingerprint density at radius 3 is 2.46 bits per heavy atom. The normalized spacial score (nSPS) is 15.3. The average Bonchev–Trinajstić information content (AvgIpc) is 3.19. The Morgan fingerprint density at radius 1 is 1.00 bits per heavy atom. The molecule has 1 aromatic heterocycles. The van der Waals surface area contributed by atoms with Crippen LogP contribution in [-0.4, -0.2) is 11.3 Å². The quantitative estimate of drug-likeness (QED) is 0.548. The van der Waals surface area contributed by atoms with Gasteiger partial charge in [0.15, 0.2) is 5.78 Å². The molecule has 0 bridgehead atoms. The Kier molecular flexibility index (Phi) is 4.25. The summed E-state index contributed by atoms with van der Waals surface area (Å²) in [7, 11) is 0. The van der Waals surface area contributed by atoms with E-state index in [0.717, 1.165) is 28.9 Å². The lowest BCUT2D eigenvalue weighted by Crippen LogP contribution is -2.45. The van der Waals surface area contributed by atoms with Crippen LogP contribution in [0.25, 0.3) is 5.57 Å². The van der Waals surface area contributed by atoms with Gasteiger partial charge in [-0.15, -0.1) is 0 Å². The first kappa shape index (κ1) is 16.8. The maximum atomic E-state index is 13.1. The molecule has 0 radical (unpaired) electrons. The lowest BCUT2D eigenvalue weighted by molar-refractivity contribution is 0.105. The molecule has 0 unspecified atom stereocenters. The van der Waals surface area contributed by atoms with Crippen LogP contribution in [0.1, 0.15) is 35.3 Å². The average molecular weight is 359 g/mol. The van der Waals surface area contributed by atoms with E-state index in [0.29, 0.717) is 0 Å². The summed E-state index contributed by atoms with van der Waals surface area (Å²) in [5.41, 5.74) is 4.69. The SMILES string of the molecule is CC1(C)C=C(C(=O)c2ccsc2)c2ccccc2N1Cc1ccccc1. The summed E-state index contributed by atoms with van der Waals surface area (Å²) >= 11 is 1.56. The third-order valence-corrected chi connectivity index (χ3v) is 5.57. The van der Waals surface area contributed by atoms with Gasteiger partial charge in [-0.05, 0) is 43.0 Å². The zero-order chi connectivity index (χ0) is 18.1. The lowest BCUT2D eigenvalue weighted by atomic mass is 9.85. The van der Waals surface area contributed by atoms with Crippen LogP contribution < -0.4 is 4.90 Å². The zero-order valence-corrected chi connectivity index (χ0v) is 15.8. The summed E-state index contributed by atoms with van der Waals surface area (Å²) in [6, 6.07) is 20.6. The Balaban J connectivity index is 1.80. The molecule has 0 atom stereocenters. The number of para-hydroxylation sites is 1. The summed E-state index contributed by atoms with van der Waals surface area (Å²) in [5, 5.41) is 3.88. The minimum Gasteiger partial charge on any atom is -0.358 e. The van der Waals surface area contributed by atoms with E-state index in [1.165, 1.54) is 5.56 Å². The minimum atomic E-state index is -0.259. The molecular weight excluding hydrogens is 338 g/mol. The van der Waals surface area contributed by atoms with Crippen molar-refractivity contribution in [3.05, 3.63) is 94.2 Å². The van der Waals surface area contributed by atoms with Crippen molar-refractivity contribution in [3.63, 3.8) is 0 Å². The van der Waals surface area contributed by atoms with Crippen molar-refractivity contribution in [1.29, 1.82) is 0 Å². The molecule has 2 aromatic carbocycles. The van der Waals surface area contributed by atoms with E-state index >= 15 is 0 Å². The summed E-state index contributed by atoms with van der Waals surface area (Å²) < 4.78 is 0. The summed E-state index contributed by atoms with van der Waals surface area (Å²) in [4.78, 5) is 15.5. The van der Waals surface area contributed by atoms with Crippen LogP contribution in [-0.2, 0) is 6.54 Å². The maximum Gasteiger partial charge on any atom is 0.194 e. The number of anilines is 1. The van der Waals surface area contributed by atoms with Crippen molar-refractivity contribution in [2.24, 2.45) is 0 Å². The molecule has 0 aliphatic carbocycles. The molecule has 0 spiro atoms. The fraction of sp³-hybridized carbons (Fsp3) is 0.174. The van der Waals surface area contributed by atoms with Crippen molar-refractivity contribution in [3.8, 4) is 0 Å². The molecule has 1 aliphatic heterocycles. The predicted octanol–water partition coefficient (Wildman–Crippen LogP) is 5.81. The third-order valence-electron chi connectivity index (χ3n) is 4.89. The van der Waals surface area contributed by atoms with E-state index in [2.05, 4.69) is 61.2 Å². The summed E-state index contributed by atoms with van der Waals surface area (Å²) in [6.45, 7) is 5.15. The molecule has 0 saturated heterocycles. The Labute approximate surface area is 158 Å². The number of Topliss-reactive ketones (excluding diaryl/α,β-unsaturated/α-hetero) is 1. The number of thiophene rings is 1. The second-order valence-corrected chi connectivity index (χ2v) is 7.92. The van der Waals surface area contributed by atoms with Gasteiger partial charge in [0.1, 0.15) is 0 Å². The number of ketones is 1. The smallest absolute Gasteiger partial charge is 0.194 e. The van der Waals surface area contributed by atoms with E-state index in [-0.39, 0.29) is 11.3 Å². The number of benzene rings is 2. The number of hydrogen-bond acceptors (Lipinski definition) is 3. The topological polar surface area (TPSA) is 20.3 Å². The first-order valence-corrected chi connectivity index (χ1v) is 9.71. The van der Waals surface area contributed by atoms with Gasteiger partial charge in [-0.25, -0.2) is 0 Å². The van der Waals surface area contributed by atoms with Crippen LogP contribution in [0.4, 0.5) is 5.69 Å². The number of allylic oxidation sites excluding steroid dienone is 1. The highest BCUT2D eigenvalue weighted by molar-refractivity contribution is 7.08. The maximum absolute atomic E-state index is 13.1. The van der Waals surface area contributed by atoms with Gasteiger partial charge < -0.3 is 4.90 Å². The number of hydrogen-bond donors (Lipinski definition) is 0. The molecule has 2 heterocycles. The van der Waals surface area contributed by atoms with E-state index in [1.807, 2.05) is 35.0 Å². The summed E-state index contributed by atoms with van der Waals surface area (Å²) in [5.74, 6) is 0.103. The van der Waals surface area contributed by atoms with Crippen molar-refractivity contribution in [2.75, 3.05) is 4.90 Å². The van der Waals surface area contributed by atoms with Gasteiger partial charge in [0.25, 0.3) is 0 Å². The van der Waals surface area contributed by atoms with Gasteiger partial charge >= 0.3 is 0 Å². The van der Waals surface area contributed by atoms with Crippen LogP contribution in [0.5, 0.6) is 0 Å². The molecule has 0 saturated carbocycles. The number of nitrogens with zero attached hydrogens (tertiary/aromatic N) is 1. The minimum absolute atomic E-state index is 0.103. The van der Waals surface area contributed by atoms with Gasteiger partial charge in [-0.1, -0.05) is 48.5 Å². The molecular formula is C23H21NOS. The van der Waals surface area contributed by atoms with Crippen molar-refractivity contribution in [2.45, 2.75) is 25.9 Å². The number of rotatable bonds is 4. The van der Waals surface area contributed by atoms with Crippen LogP contribution in [0.2, 0.25) is 0 Å². The standard InChI is InChI=1S/C23H21NOS/c1-23(2)14-20(22(25)18-12-13-26-16-18)19-10-6-7-11-21(19)24(23)15-17-8-4-3-5-9-17/h3-14,16H,15H2,1-2H3. The van der Waals surface area contributed by atoms with Gasteiger partial charge in [-0.2, -0.15) is 11.3 Å². The van der Waals surface area contributed by atoms with Crippen molar-refractivity contribution < 1.29 is 4.79 Å². The molecule has 26 heavy (non-hydrogen) atoms. The second-order valence-electron chi connectivity index (χ2n) is 7.14. The van der Waals surface area contributed by atoms with E-state index < -0.39 is 0 Å². The Hall–Kier alpha value is -2.65. The van der Waals surface area contributed by atoms with Crippen LogP contribution in [0.15, 0.2) is 77.5 Å². The first-order chi connectivity index (χ1) is 12.6. The predicted molar refractivity (Wildman–Crippen MR) is 110 cm³/mol. The largest absolute Gasteiger partial charge is 0.358 e.